The molecule has 0 amide bonds. The summed E-state index contributed by atoms with van der Waals surface area (Å²) in [5, 5.41) is 3.39. The zero-order valence-electron chi connectivity index (χ0n) is 13.1. The van der Waals surface area contributed by atoms with Gasteiger partial charge in [0.2, 0.25) is 0 Å². The monoisotopic (exact) mass is 263 g/mol. The summed E-state index contributed by atoms with van der Waals surface area (Å²) < 4.78 is 6.08. The van der Waals surface area contributed by atoms with Gasteiger partial charge in [-0.3, -0.25) is 0 Å². The second-order valence-corrected chi connectivity index (χ2v) is 6.08. The van der Waals surface area contributed by atoms with Gasteiger partial charge in [0.05, 0.1) is 6.61 Å². The quantitative estimate of drug-likeness (QED) is 0.758. The number of rotatable bonds is 8. The first-order valence-corrected chi connectivity index (χ1v) is 7.42. The van der Waals surface area contributed by atoms with Gasteiger partial charge in [-0.15, -0.1) is 0 Å². The number of hydrogen-bond donors (Lipinski definition) is 1. The molecule has 19 heavy (non-hydrogen) atoms. The van der Waals surface area contributed by atoms with E-state index in [1.54, 1.807) is 0 Å². The van der Waals surface area contributed by atoms with E-state index < -0.39 is 0 Å². The summed E-state index contributed by atoms with van der Waals surface area (Å²) in [4.78, 5) is 0. The van der Waals surface area contributed by atoms with Crippen molar-refractivity contribution in [2.45, 2.75) is 47.0 Å². The Morgan fingerprint density at radius 1 is 1.21 bits per heavy atom. The van der Waals surface area contributed by atoms with Gasteiger partial charge < -0.3 is 10.1 Å². The lowest BCUT2D eigenvalue weighted by Gasteiger charge is -2.26. The third-order valence-electron chi connectivity index (χ3n) is 3.53. The van der Waals surface area contributed by atoms with E-state index in [1.807, 2.05) is 0 Å². The van der Waals surface area contributed by atoms with Crippen LogP contribution < -0.4 is 10.1 Å². The van der Waals surface area contributed by atoms with Crippen LogP contribution >= 0.6 is 0 Å². The molecule has 0 fully saturated rings. The molecule has 1 N–H and O–H groups in total. The highest BCUT2D eigenvalue weighted by molar-refractivity contribution is 5.35. The zero-order valence-corrected chi connectivity index (χ0v) is 13.1. The van der Waals surface area contributed by atoms with Crippen LogP contribution in [0.1, 0.15) is 52.5 Å². The van der Waals surface area contributed by atoms with E-state index in [4.69, 9.17) is 4.74 Å². The van der Waals surface area contributed by atoms with Crippen molar-refractivity contribution in [1.29, 1.82) is 0 Å². The van der Waals surface area contributed by atoms with Crippen molar-refractivity contribution in [1.82, 2.24) is 5.32 Å². The summed E-state index contributed by atoms with van der Waals surface area (Å²) >= 11 is 0. The number of hydrogen-bond acceptors (Lipinski definition) is 2. The maximum absolute atomic E-state index is 6.08. The van der Waals surface area contributed by atoms with Crippen molar-refractivity contribution in [3.05, 3.63) is 29.8 Å². The van der Waals surface area contributed by atoms with Crippen LogP contribution in [-0.4, -0.2) is 19.7 Å². The Kier molecular flexibility index (Phi) is 6.36. The van der Waals surface area contributed by atoms with E-state index in [1.165, 1.54) is 5.56 Å². The highest BCUT2D eigenvalue weighted by Gasteiger charge is 2.19. The van der Waals surface area contributed by atoms with Crippen molar-refractivity contribution in [2.75, 3.05) is 19.7 Å². The van der Waals surface area contributed by atoms with E-state index in [-0.39, 0.29) is 5.41 Å². The maximum Gasteiger partial charge on any atom is 0.122 e. The molecular weight excluding hydrogens is 234 g/mol. The summed E-state index contributed by atoms with van der Waals surface area (Å²) in [6.07, 6.45) is 1.14. The van der Waals surface area contributed by atoms with Gasteiger partial charge in [0, 0.05) is 12.0 Å². The number of nitrogens with one attached hydrogen (secondary N) is 1. The van der Waals surface area contributed by atoms with Crippen molar-refractivity contribution < 1.29 is 4.74 Å². The molecule has 0 heterocycles. The summed E-state index contributed by atoms with van der Waals surface area (Å²) in [5.74, 6) is 1.59. The molecule has 2 nitrogen and oxygen atoms in total. The van der Waals surface area contributed by atoms with Crippen LogP contribution in [0.25, 0.3) is 0 Å². The molecule has 1 aromatic rings. The zero-order chi connectivity index (χ0) is 14.3. The molecule has 2 heteroatoms. The molecule has 0 aliphatic heterocycles. The Labute approximate surface area is 118 Å². The molecule has 1 atom stereocenters. The van der Waals surface area contributed by atoms with Gasteiger partial charge in [-0.1, -0.05) is 52.8 Å². The van der Waals surface area contributed by atoms with E-state index in [9.17, 15) is 0 Å². The Balaban J connectivity index is 2.67. The van der Waals surface area contributed by atoms with E-state index in [2.05, 4.69) is 64.2 Å². The highest BCUT2D eigenvalue weighted by Crippen LogP contribution is 2.29. The molecule has 0 bridgehead atoms. The van der Waals surface area contributed by atoms with Crippen LogP contribution in [0.5, 0.6) is 5.75 Å². The standard InChI is InChI=1S/C17H29NO/c1-6-14(3)15-10-8-9-11-16(15)19-13-17(4,5)12-18-7-2/h8-11,14,18H,6-7,12-13H2,1-5H3. The van der Waals surface area contributed by atoms with Crippen molar-refractivity contribution in [3.8, 4) is 5.75 Å². The van der Waals surface area contributed by atoms with Gasteiger partial charge in [0.25, 0.3) is 0 Å². The van der Waals surface area contributed by atoms with Crippen molar-refractivity contribution in [2.24, 2.45) is 5.41 Å². The van der Waals surface area contributed by atoms with Crippen LogP contribution in [0.15, 0.2) is 24.3 Å². The van der Waals surface area contributed by atoms with Gasteiger partial charge in [0.15, 0.2) is 0 Å². The smallest absolute Gasteiger partial charge is 0.122 e. The van der Waals surface area contributed by atoms with Crippen molar-refractivity contribution in [3.63, 3.8) is 0 Å². The summed E-state index contributed by atoms with van der Waals surface area (Å²) in [6, 6.07) is 8.42. The van der Waals surface area contributed by atoms with Gasteiger partial charge >= 0.3 is 0 Å². The molecular formula is C17H29NO. The average Bonchev–Trinajstić information content (AvgIpc) is 2.42. The first-order valence-electron chi connectivity index (χ1n) is 7.42. The largest absolute Gasteiger partial charge is 0.493 e. The maximum atomic E-state index is 6.08. The molecule has 0 saturated heterocycles. The molecule has 0 aliphatic carbocycles. The topological polar surface area (TPSA) is 21.3 Å². The van der Waals surface area contributed by atoms with Crippen LogP contribution in [0, 0.1) is 5.41 Å². The first-order chi connectivity index (χ1) is 9.00. The third kappa shape index (κ3) is 5.23. The Morgan fingerprint density at radius 3 is 2.53 bits per heavy atom. The van der Waals surface area contributed by atoms with Gasteiger partial charge in [-0.05, 0) is 30.5 Å². The number of benzene rings is 1. The van der Waals surface area contributed by atoms with Gasteiger partial charge in [0.1, 0.15) is 5.75 Å². The molecule has 0 aliphatic rings. The fourth-order valence-corrected chi connectivity index (χ4v) is 2.03. The van der Waals surface area contributed by atoms with E-state index in [0.717, 1.165) is 31.9 Å². The minimum Gasteiger partial charge on any atom is -0.493 e. The lowest BCUT2D eigenvalue weighted by atomic mass is 9.94. The predicted octanol–water partition coefficient (Wildman–Crippen LogP) is 4.21. The fraction of sp³-hybridized carbons (Fsp3) is 0.647. The average molecular weight is 263 g/mol. The van der Waals surface area contributed by atoms with Crippen LogP contribution in [0.3, 0.4) is 0 Å². The third-order valence-corrected chi connectivity index (χ3v) is 3.53. The molecule has 0 aromatic heterocycles. The normalized spacial score (nSPS) is 13.3. The second kappa shape index (κ2) is 7.54. The van der Waals surface area contributed by atoms with Gasteiger partial charge in [-0.25, -0.2) is 0 Å². The molecule has 1 rings (SSSR count). The minimum atomic E-state index is 0.151. The summed E-state index contributed by atoms with van der Waals surface area (Å²) in [6.45, 7) is 13.8. The fourth-order valence-electron chi connectivity index (χ4n) is 2.03. The minimum absolute atomic E-state index is 0.151. The Hall–Kier alpha value is -1.02. The highest BCUT2D eigenvalue weighted by atomic mass is 16.5. The lowest BCUT2D eigenvalue weighted by Crippen LogP contribution is -2.34. The summed E-state index contributed by atoms with van der Waals surface area (Å²) in [5.41, 5.74) is 1.47. The molecule has 108 valence electrons. The van der Waals surface area contributed by atoms with Crippen LogP contribution in [-0.2, 0) is 0 Å². The predicted molar refractivity (Wildman–Crippen MR) is 83.0 cm³/mol. The van der Waals surface area contributed by atoms with E-state index in [0.29, 0.717) is 5.92 Å². The van der Waals surface area contributed by atoms with Crippen molar-refractivity contribution >= 4 is 0 Å². The molecule has 0 spiro atoms. The number of para-hydroxylation sites is 1. The number of ether oxygens (including phenoxy) is 1. The molecule has 1 unspecified atom stereocenters. The molecule has 1 aromatic carbocycles. The molecule has 0 saturated carbocycles. The second-order valence-electron chi connectivity index (χ2n) is 6.08. The van der Waals surface area contributed by atoms with Crippen LogP contribution in [0.4, 0.5) is 0 Å². The van der Waals surface area contributed by atoms with Gasteiger partial charge in [-0.2, -0.15) is 0 Å². The summed E-state index contributed by atoms with van der Waals surface area (Å²) in [7, 11) is 0. The Bertz CT molecular complexity index is 373. The van der Waals surface area contributed by atoms with Crippen LogP contribution in [0.2, 0.25) is 0 Å². The Morgan fingerprint density at radius 2 is 1.89 bits per heavy atom. The first kappa shape index (κ1) is 16.0. The SMILES string of the molecule is CCNCC(C)(C)COc1ccccc1C(C)CC. The van der Waals surface area contributed by atoms with E-state index >= 15 is 0 Å². The molecule has 0 radical (unpaired) electrons. The lowest BCUT2D eigenvalue weighted by molar-refractivity contribution is 0.175.